The van der Waals surface area contributed by atoms with E-state index in [4.69, 9.17) is 0 Å². The highest BCUT2D eigenvalue weighted by Crippen LogP contribution is 2.30. The molecule has 1 aromatic carbocycles. The molecule has 0 aliphatic carbocycles. The molecule has 0 unspecified atom stereocenters. The minimum Gasteiger partial charge on any atom is -0.358 e. The van der Waals surface area contributed by atoms with Gasteiger partial charge in [0.2, 0.25) is 5.82 Å². The molecule has 6 nitrogen and oxygen atoms in total. The highest BCUT2D eigenvalue weighted by atomic mass is 32.1. The summed E-state index contributed by atoms with van der Waals surface area (Å²) in [6.45, 7) is 0.723. The SMILES string of the molecule is CN(CCCc1ccccc1)c1nc2sccn2c1[N+](=O)[O-]. The molecule has 114 valence electrons. The summed E-state index contributed by atoms with van der Waals surface area (Å²) in [6.07, 6.45) is 3.55. The van der Waals surface area contributed by atoms with E-state index in [9.17, 15) is 10.1 Å². The smallest absolute Gasteiger partial charge is 0.358 e. The molecule has 0 aliphatic rings. The molecule has 0 fully saturated rings. The Hall–Kier alpha value is -2.41. The third-order valence-electron chi connectivity index (χ3n) is 3.56. The minimum absolute atomic E-state index is 0.0402. The van der Waals surface area contributed by atoms with Crippen molar-refractivity contribution < 1.29 is 4.92 Å². The summed E-state index contributed by atoms with van der Waals surface area (Å²) < 4.78 is 1.54. The fraction of sp³-hybridized carbons (Fsp3) is 0.267. The van der Waals surface area contributed by atoms with Crippen LogP contribution in [0.3, 0.4) is 0 Å². The average molecular weight is 316 g/mol. The second kappa shape index (κ2) is 6.15. The Balaban J connectivity index is 1.72. The number of aromatic nitrogens is 2. The van der Waals surface area contributed by atoms with Crippen molar-refractivity contribution >= 4 is 27.9 Å². The van der Waals surface area contributed by atoms with Gasteiger partial charge in [-0.15, -0.1) is 0 Å². The summed E-state index contributed by atoms with van der Waals surface area (Å²) in [7, 11) is 1.85. The average Bonchev–Trinajstić information content (AvgIpc) is 3.08. The van der Waals surface area contributed by atoms with E-state index in [1.54, 1.807) is 11.6 Å². The summed E-state index contributed by atoms with van der Waals surface area (Å²) in [4.78, 5) is 17.8. The molecule has 0 amide bonds. The second-order valence-electron chi connectivity index (χ2n) is 5.08. The normalized spacial score (nSPS) is 11.0. The molecule has 0 radical (unpaired) electrons. The van der Waals surface area contributed by atoms with Crippen molar-refractivity contribution in [1.29, 1.82) is 0 Å². The number of benzene rings is 1. The van der Waals surface area contributed by atoms with Crippen LogP contribution in [0.4, 0.5) is 11.6 Å². The lowest BCUT2D eigenvalue weighted by Crippen LogP contribution is -2.20. The molecule has 0 aliphatic heterocycles. The first kappa shape index (κ1) is 14.5. The van der Waals surface area contributed by atoms with Crippen molar-refractivity contribution in [2.24, 2.45) is 0 Å². The van der Waals surface area contributed by atoms with E-state index in [0.717, 1.165) is 19.4 Å². The van der Waals surface area contributed by atoms with E-state index in [1.165, 1.54) is 21.3 Å². The van der Waals surface area contributed by atoms with Crippen molar-refractivity contribution in [3.63, 3.8) is 0 Å². The van der Waals surface area contributed by atoms with E-state index < -0.39 is 0 Å². The van der Waals surface area contributed by atoms with E-state index in [1.807, 2.05) is 30.1 Å². The topological polar surface area (TPSA) is 63.7 Å². The minimum atomic E-state index is -0.365. The Morgan fingerprint density at radius 1 is 1.36 bits per heavy atom. The zero-order valence-corrected chi connectivity index (χ0v) is 13.0. The van der Waals surface area contributed by atoms with Crippen molar-refractivity contribution in [1.82, 2.24) is 9.38 Å². The Morgan fingerprint density at radius 2 is 2.14 bits per heavy atom. The van der Waals surface area contributed by atoms with Crippen LogP contribution in [0, 0.1) is 10.1 Å². The number of hydrogen-bond acceptors (Lipinski definition) is 5. The van der Waals surface area contributed by atoms with Crippen LogP contribution in [-0.2, 0) is 6.42 Å². The van der Waals surface area contributed by atoms with Crippen molar-refractivity contribution in [2.45, 2.75) is 12.8 Å². The number of anilines is 1. The maximum Gasteiger partial charge on any atom is 0.373 e. The summed E-state index contributed by atoms with van der Waals surface area (Å²) >= 11 is 1.40. The van der Waals surface area contributed by atoms with Gasteiger partial charge in [-0.1, -0.05) is 41.7 Å². The van der Waals surface area contributed by atoms with Gasteiger partial charge >= 0.3 is 5.82 Å². The molecular formula is C15H16N4O2S. The number of imidazole rings is 1. The molecule has 0 saturated carbocycles. The Bertz CT molecular complexity index is 781. The van der Waals surface area contributed by atoms with Gasteiger partial charge in [0.15, 0.2) is 0 Å². The van der Waals surface area contributed by atoms with Gasteiger partial charge in [0.05, 0.1) is 0 Å². The fourth-order valence-electron chi connectivity index (χ4n) is 2.46. The lowest BCUT2D eigenvalue weighted by Gasteiger charge is -2.15. The quantitative estimate of drug-likeness (QED) is 0.516. The predicted octanol–water partition coefficient (Wildman–Crippen LogP) is 3.37. The van der Waals surface area contributed by atoms with E-state index >= 15 is 0 Å². The first-order chi connectivity index (χ1) is 10.7. The van der Waals surface area contributed by atoms with Gasteiger partial charge in [0.1, 0.15) is 6.20 Å². The molecule has 0 spiro atoms. The number of hydrogen-bond donors (Lipinski definition) is 0. The van der Waals surface area contributed by atoms with Gasteiger partial charge in [0, 0.05) is 19.0 Å². The number of aryl methyl sites for hydroxylation is 1. The van der Waals surface area contributed by atoms with Crippen LogP contribution in [0.1, 0.15) is 12.0 Å². The Kier molecular flexibility index (Phi) is 4.06. The van der Waals surface area contributed by atoms with Gasteiger partial charge in [-0.3, -0.25) is 0 Å². The largest absolute Gasteiger partial charge is 0.373 e. The number of nitro groups is 1. The monoisotopic (exact) mass is 316 g/mol. The molecule has 0 bridgehead atoms. The summed E-state index contributed by atoms with van der Waals surface area (Å²) in [5.41, 5.74) is 1.27. The lowest BCUT2D eigenvalue weighted by atomic mass is 10.1. The molecule has 22 heavy (non-hydrogen) atoms. The van der Waals surface area contributed by atoms with Gasteiger partial charge < -0.3 is 15.0 Å². The summed E-state index contributed by atoms with van der Waals surface area (Å²) in [5, 5.41) is 13.1. The van der Waals surface area contributed by atoms with Crippen molar-refractivity contribution in [3.05, 3.63) is 57.6 Å². The molecule has 3 aromatic rings. The van der Waals surface area contributed by atoms with E-state index in [-0.39, 0.29) is 10.7 Å². The molecule has 0 saturated heterocycles. The van der Waals surface area contributed by atoms with Crippen LogP contribution in [0.2, 0.25) is 0 Å². The van der Waals surface area contributed by atoms with Crippen LogP contribution in [0.15, 0.2) is 41.9 Å². The molecule has 0 N–H and O–H groups in total. The van der Waals surface area contributed by atoms with Crippen LogP contribution < -0.4 is 4.90 Å². The molecule has 3 rings (SSSR count). The van der Waals surface area contributed by atoms with Gasteiger partial charge in [-0.05, 0) is 23.3 Å². The van der Waals surface area contributed by atoms with Crippen LogP contribution in [-0.4, -0.2) is 27.9 Å². The summed E-state index contributed by atoms with van der Waals surface area (Å²) in [5.74, 6) is 0.475. The maximum atomic E-state index is 11.3. The van der Waals surface area contributed by atoms with E-state index in [2.05, 4.69) is 17.1 Å². The molecular weight excluding hydrogens is 300 g/mol. The molecule has 0 atom stereocenters. The Labute approximate surface area is 131 Å². The van der Waals surface area contributed by atoms with Crippen molar-refractivity contribution in [2.75, 3.05) is 18.5 Å². The van der Waals surface area contributed by atoms with Gasteiger partial charge in [-0.2, -0.15) is 9.38 Å². The van der Waals surface area contributed by atoms with Gasteiger partial charge in [-0.25, -0.2) is 0 Å². The van der Waals surface area contributed by atoms with Crippen LogP contribution >= 0.6 is 11.3 Å². The lowest BCUT2D eigenvalue weighted by molar-refractivity contribution is -0.389. The molecule has 2 heterocycles. The predicted molar refractivity (Wildman–Crippen MR) is 87.8 cm³/mol. The standard InChI is InChI=1S/C15H16N4O2S/c1-17(9-5-8-12-6-3-2-4-7-12)13-14(19(20)21)18-10-11-22-15(18)16-13/h2-4,6-7,10-11H,5,8-9H2,1H3. The Morgan fingerprint density at radius 3 is 2.86 bits per heavy atom. The third-order valence-corrected chi connectivity index (χ3v) is 4.31. The first-order valence-corrected chi connectivity index (χ1v) is 7.90. The zero-order chi connectivity index (χ0) is 15.5. The summed E-state index contributed by atoms with van der Waals surface area (Å²) in [6, 6.07) is 10.2. The number of nitrogens with zero attached hydrogens (tertiary/aromatic N) is 4. The first-order valence-electron chi connectivity index (χ1n) is 7.02. The number of rotatable bonds is 6. The number of fused-ring (bicyclic) bond motifs is 1. The fourth-order valence-corrected chi connectivity index (χ4v) is 3.16. The van der Waals surface area contributed by atoms with Crippen LogP contribution in [0.5, 0.6) is 0 Å². The zero-order valence-electron chi connectivity index (χ0n) is 12.2. The third kappa shape index (κ3) is 2.80. The highest BCUT2D eigenvalue weighted by Gasteiger charge is 2.25. The molecule has 7 heteroatoms. The van der Waals surface area contributed by atoms with Crippen LogP contribution in [0.25, 0.3) is 4.96 Å². The highest BCUT2D eigenvalue weighted by molar-refractivity contribution is 7.15. The number of thiazole rings is 1. The van der Waals surface area contributed by atoms with Crippen molar-refractivity contribution in [3.8, 4) is 0 Å². The molecule has 2 aromatic heterocycles. The van der Waals surface area contributed by atoms with E-state index in [0.29, 0.717) is 10.8 Å². The van der Waals surface area contributed by atoms with Gasteiger partial charge in [0.25, 0.3) is 4.96 Å². The second-order valence-corrected chi connectivity index (χ2v) is 5.96. The maximum absolute atomic E-state index is 11.3.